The molecule has 1 aromatic carbocycles. The van der Waals surface area contributed by atoms with Crippen LogP contribution in [0.3, 0.4) is 0 Å². The minimum Gasteiger partial charge on any atom is -0.480 e. The van der Waals surface area contributed by atoms with Crippen molar-refractivity contribution in [1.29, 1.82) is 0 Å². The summed E-state index contributed by atoms with van der Waals surface area (Å²) in [6.45, 7) is 17.0. The Morgan fingerprint density at radius 2 is 1.38 bits per heavy atom. The lowest BCUT2D eigenvalue weighted by Crippen LogP contribution is -2.40. The predicted octanol–water partition coefficient (Wildman–Crippen LogP) is 5.48. The number of benzene rings is 1. The van der Waals surface area contributed by atoms with Gasteiger partial charge in [0.2, 0.25) is 0 Å². The molecule has 39 heavy (non-hydrogen) atoms. The molecule has 0 saturated heterocycles. The summed E-state index contributed by atoms with van der Waals surface area (Å²) in [5, 5.41) is 9.73. The van der Waals surface area contributed by atoms with Gasteiger partial charge in [-0.2, -0.15) is 0 Å². The van der Waals surface area contributed by atoms with Gasteiger partial charge in [-0.3, -0.25) is 19.2 Å². The highest BCUT2D eigenvalue weighted by Gasteiger charge is 2.33. The summed E-state index contributed by atoms with van der Waals surface area (Å²) in [5.41, 5.74) is 5.87. The Kier molecular flexibility index (Phi) is 12.6. The lowest BCUT2D eigenvalue weighted by atomic mass is 9.82. The summed E-state index contributed by atoms with van der Waals surface area (Å²) in [4.78, 5) is 49.4. The van der Waals surface area contributed by atoms with Crippen molar-refractivity contribution in [3.8, 4) is 11.5 Å². The molecule has 0 aliphatic carbocycles. The van der Waals surface area contributed by atoms with Crippen LogP contribution in [0.2, 0.25) is 0 Å². The maximum Gasteiger partial charge on any atom is 0.321 e. The van der Waals surface area contributed by atoms with Gasteiger partial charge in [0.05, 0.1) is 19.4 Å². The molecule has 0 heterocycles. The largest absolute Gasteiger partial charge is 0.480 e. The van der Waals surface area contributed by atoms with Crippen molar-refractivity contribution in [2.24, 2.45) is 28.4 Å². The van der Waals surface area contributed by atoms with Crippen molar-refractivity contribution in [3.63, 3.8) is 0 Å². The fraction of sp³-hybridized carbons (Fsp3) is 0.667. The molecule has 0 saturated carbocycles. The molecule has 3 unspecified atom stereocenters. The molecule has 9 heteroatoms. The number of esters is 3. The second-order valence-corrected chi connectivity index (χ2v) is 12.9. The first-order chi connectivity index (χ1) is 17.8. The zero-order valence-electron chi connectivity index (χ0n) is 25.0. The Hall–Kier alpha value is -2.94. The summed E-state index contributed by atoms with van der Waals surface area (Å²) in [6.07, 6.45) is 1.34. The molecule has 9 nitrogen and oxygen atoms in total. The summed E-state index contributed by atoms with van der Waals surface area (Å²) >= 11 is 0. The normalized spacial score (nSPS) is 15.0. The smallest absolute Gasteiger partial charge is 0.321 e. The van der Waals surface area contributed by atoms with Crippen LogP contribution in [0.25, 0.3) is 0 Å². The summed E-state index contributed by atoms with van der Waals surface area (Å²) in [5.74, 6) is -3.69. The third-order valence-corrected chi connectivity index (χ3v) is 6.15. The molecule has 0 fully saturated rings. The van der Waals surface area contributed by atoms with Crippen molar-refractivity contribution in [2.75, 3.05) is 6.61 Å². The van der Waals surface area contributed by atoms with Gasteiger partial charge >= 0.3 is 23.9 Å². The number of nitrogens with two attached hydrogens (primary N) is 1. The topological polar surface area (TPSA) is 142 Å². The molecular formula is C30H47NO8. The lowest BCUT2D eigenvalue weighted by molar-refractivity contribution is -0.146. The molecule has 4 atom stereocenters. The summed E-state index contributed by atoms with van der Waals surface area (Å²) < 4.78 is 16.6. The van der Waals surface area contributed by atoms with E-state index in [4.69, 9.17) is 19.9 Å². The van der Waals surface area contributed by atoms with Crippen LogP contribution in [0.4, 0.5) is 0 Å². The molecule has 0 aromatic heterocycles. The SMILES string of the molecule is CCC(C)CC(=O)OCC(C)C(c1ccc(OC(=O)CC(C)(C)C)c(OC(=O)CC(C)(C)C)c1)[C@H](N)C(=O)O. The minimum absolute atomic E-state index is 0.00689. The quantitative estimate of drug-likeness (QED) is 0.241. The van der Waals surface area contributed by atoms with Crippen molar-refractivity contribution in [2.45, 2.75) is 100.0 Å². The number of aliphatic carboxylic acids is 1. The third-order valence-electron chi connectivity index (χ3n) is 6.15. The van der Waals surface area contributed by atoms with E-state index in [9.17, 15) is 24.3 Å². The molecule has 0 amide bonds. The lowest BCUT2D eigenvalue weighted by Gasteiger charge is -2.28. The number of hydrogen-bond acceptors (Lipinski definition) is 8. The number of rotatable bonds is 13. The Bertz CT molecular complexity index is 1010. The maximum absolute atomic E-state index is 12.7. The van der Waals surface area contributed by atoms with E-state index in [1.165, 1.54) is 12.1 Å². The Morgan fingerprint density at radius 3 is 1.85 bits per heavy atom. The van der Waals surface area contributed by atoms with Crippen LogP contribution in [0, 0.1) is 22.7 Å². The van der Waals surface area contributed by atoms with E-state index in [1.807, 2.05) is 55.4 Å². The van der Waals surface area contributed by atoms with Crippen molar-refractivity contribution in [1.82, 2.24) is 0 Å². The van der Waals surface area contributed by atoms with Crippen LogP contribution in [-0.4, -0.2) is 41.6 Å². The predicted molar refractivity (Wildman–Crippen MR) is 148 cm³/mol. The molecule has 1 aromatic rings. The average molecular weight is 550 g/mol. The number of carbonyl (C=O) groups is 4. The standard InChI is InChI=1S/C30H47NO8/c1-10-18(2)13-23(32)37-17-19(3)26(27(31)28(35)36)20-11-12-21(38-24(33)15-29(4,5)6)22(14-20)39-25(34)16-30(7,8)9/h11-12,14,18-19,26-27H,10,13,15-17,31H2,1-9H3,(H,35,36)/t18?,19?,26?,27-/m0/s1. The zero-order chi connectivity index (χ0) is 30.1. The van der Waals surface area contributed by atoms with E-state index in [1.54, 1.807) is 13.0 Å². The second-order valence-electron chi connectivity index (χ2n) is 12.9. The van der Waals surface area contributed by atoms with Gasteiger partial charge in [0.25, 0.3) is 0 Å². The van der Waals surface area contributed by atoms with Gasteiger partial charge in [-0.1, -0.05) is 74.8 Å². The van der Waals surface area contributed by atoms with Crippen LogP contribution in [0.5, 0.6) is 11.5 Å². The fourth-order valence-corrected chi connectivity index (χ4v) is 3.94. The van der Waals surface area contributed by atoms with Gasteiger partial charge < -0.3 is 25.1 Å². The summed E-state index contributed by atoms with van der Waals surface area (Å²) in [6, 6.07) is 3.20. The number of carboxylic acids is 1. The molecular weight excluding hydrogens is 502 g/mol. The number of ether oxygens (including phenoxy) is 3. The molecule has 0 spiro atoms. The second kappa shape index (κ2) is 14.4. The molecule has 3 N–H and O–H groups in total. The van der Waals surface area contributed by atoms with Crippen LogP contribution >= 0.6 is 0 Å². The minimum atomic E-state index is -1.33. The van der Waals surface area contributed by atoms with Gasteiger partial charge in [-0.15, -0.1) is 0 Å². The van der Waals surface area contributed by atoms with Gasteiger partial charge in [0, 0.05) is 12.3 Å². The zero-order valence-corrected chi connectivity index (χ0v) is 25.0. The molecule has 0 bridgehead atoms. The Morgan fingerprint density at radius 1 is 0.872 bits per heavy atom. The Balaban J connectivity index is 3.38. The maximum atomic E-state index is 12.7. The number of hydrogen-bond donors (Lipinski definition) is 2. The first kappa shape index (κ1) is 34.1. The highest BCUT2D eigenvalue weighted by molar-refractivity contribution is 5.78. The van der Waals surface area contributed by atoms with Gasteiger partial charge in [0.15, 0.2) is 11.5 Å². The van der Waals surface area contributed by atoms with E-state index in [0.29, 0.717) is 5.56 Å². The van der Waals surface area contributed by atoms with E-state index >= 15 is 0 Å². The number of carboxylic acid groups (broad SMARTS) is 1. The van der Waals surface area contributed by atoms with Gasteiger partial charge in [0.1, 0.15) is 6.04 Å². The van der Waals surface area contributed by atoms with Gasteiger partial charge in [-0.05, 0) is 40.4 Å². The fourth-order valence-electron chi connectivity index (χ4n) is 3.94. The highest BCUT2D eigenvalue weighted by atomic mass is 16.6. The van der Waals surface area contributed by atoms with E-state index in [0.717, 1.165) is 6.42 Å². The summed E-state index contributed by atoms with van der Waals surface area (Å²) in [7, 11) is 0. The van der Waals surface area contributed by atoms with E-state index in [-0.39, 0.29) is 60.1 Å². The molecule has 0 radical (unpaired) electrons. The first-order valence-electron chi connectivity index (χ1n) is 13.5. The van der Waals surface area contributed by atoms with Crippen molar-refractivity contribution in [3.05, 3.63) is 23.8 Å². The molecule has 220 valence electrons. The Labute approximate surface area is 232 Å². The van der Waals surface area contributed by atoms with Crippen LogP contribution < -0.4 is 15.2 Å². The molecule has 1 rings (SSSR count). The van der Waals surface area contributed by atoms with Gasteiger partial charge in [-0.25, -0.2) is 0 Å². The van der Waals surface area contributed by atoms with Crippen LogP contribution in [0.15, 0.2) is 18.2 Å². The molecule has 0 aliphatic heterocycles. The van der Waals surface area contributed by atoms with E-state index < -0.39 is 35.8 Å². The monoisotopic (exact) mass is 549 g/mol. The first-order valence-corrected chi connectivity index (χ1v) is 13.5. The average Bonchev–Trinajstić information content (AvgIpc) is 2.76. The van der Waals surface area contributed by atoms with Crippen LogP contribution in [-0.2, 0) is 23.9 Å². The number of carbonyl (C=O) groups excluding carboxylic acids is 3. The van der Waals surface area contributed by atoms with E-state index in [2.05, 4.69) is 0 Å². The van der Waals surface area contributed by atoms with Crippen molar-refractivity contribution >= 4 is 23.9 Å². The highest BCUT2D eigenvalue weighted by Crippen LogP contribution is 2.37. The van der Waals surface area contributed by atoms with Crippen molar-refractivity contribution < 1.29 is 38.5 Å². The molecule has 0 aliphatic rings. The van der Waals surface area contributed by atoms with Crippen LogP contribution in [0.1, 0.15) is 99.5 Å². The third kappa shape index (κ3) is 12.6.